The highest BCUT2D eigenvalue weighted by molar-refractivity contribution is 5.95. The van der Waals surface area contributed by atoms with E-state index >= 15 is 0 Å². The van der Waals surface area contributed by atoms with Gasteiger partial charge in [-0.3, -0.25) is 24.2 Å². The number of aliphatic hydroxyl groups excluding tert-OH is 1. The molecule has 0 radical (unpaired) electrons. The van der Waals surface area contributed by atoms with Crippen molar-refractivity contribution in [3.63, 3.8) is 0 Å². The maximum Gasteiger partial charge on any atom is 0.290 e. The van der Waals surface area contributed by atoms with Crippen LogP contribution >= 0.6 is 0 Å². The molecule has 11 heteroatoms. The van der Waals surface area contributed by atoms with E-state index in [1.54, 1.807) is 11.1 Å². The molecule has 0 saturated heterocycles. The van der Waals surface area contributed by atoms with Crippen molar-refractivity contribution < 1.29 is 24.6 Å². The van der Waals surface area contributed by atoms with Gasteiger partial charge >= 0.3 is 0 Å². The molecule has 1 aliphatic rings. The topological polar surface area (TPSA) is 153 Å². The Labute approximate surface area is 183 Å². The number of fused-ring (bicyclic) bond motifs is 1. The fraction of sp³-hybridized carbons (Fsp3) is 0.286. The zero-order valence-corrected chi connectivity index (χ0v) is 17.3. The summed E-state index contributed by atoms with van der Waals surface area (Å²) in [6.45, 7) is 1.29. The second-order valence-electron chi connectivity index (χ2n) is 6.99. The summed E-state index contributed by atoms with van der Waals surface area (Å²) in [5.41, 5.74) is 3.56. The third-order valence-electron chi connectivity index (χ3n) is 4.91. The van der Waals surface area contributed by atoms with Gasteiger partial charge in [-0.15, -0.1) is 0 Å². The van der Waals surface area contributed by atoms with Crippen LogP contribution in [0.4, 0.5) is 0 Å². The Hall–Kier alpha value is -3.99. The van der Waals surface area contributed by atoms with Crippen LogP contribution in [0.3, 0.4) is 0 Å². The number of aromatic amines is 1. The van der Waals surface area contributed by atoms with E-state index in [1.807, 2.05) is 41.2 Å². The minimum absolute atomic E-state index is 0.0566. The summed E-state index contributed by atoms with van der Waals surface area (Å²) in [7, 11) is 0. The summed E-state index contributed by atoms with van der Waals surface area (Å²) < 4.78 is 1.81. The van der Waals surface area contributed by atoms with Gasteiger partial charge in [0, 0.05) is 36.6 Å². The molecule has 32 heavy (non-hydrogen) atoms. The van der Waals surface area contributed by atoms with Gasteiger partial charge in [0.25, 0.3) is 18.3 Å². The molecular weight excluding hydrogens is 416 g/mol. The fourth-order valence-electron chi connectivity index (χ4n) is 3.50. The Kier molecular flexibility index (Phi) is 7.70. The third-order valence-corrected chi connectivity index (χ3v) is 4.91. The van der Waals surface area contributed by atoms with E-state index in [2.05, 4.69) is 20.6 Å². The van der Waals surface area contributed by atoms with Gasteiger partial charge in [-0.1, -0.05) is 12.1 Å². The number of carbonyl (C=O) groups excluding carboxylic acids is 2. The standard InChI is InChI=1S/C20H22N6O3.CH2O2/c27-10-7-21-19(28)18-16-5-9-25(13-17(16)23-24-18)20(29)15-4-1-3-14(11-15)12-26-8-2-6-22-26;2-1-3/h1-4,6,8,11,27H,5,7,9-10,12-13H2,(H,21,28)(H,23,24);1H,(H,2,3). The van der Waals surface area contributed by atoms with Crippen LogP contribution in [0, 0.1) is 0 Å². The highest BCUT2D eigenvalue weighted by Crippen LogP contribution is 2.22. The summed E-state index contributed by atoms with van der Waals surface area (Å²) in [6, 6.07) is 9.41. The molecule has 0 aliphatic carbocycles. The molecule has 3 aromatic rings. The molecule has 0 atom stereocenters. The predicted molar refractivity (Wildman–Crippen MR) is 113 cm³/mol. The number of hydrogen-bond donors (Lipinski definition) is 4. The van der Waals surface area contributed by atoms with Crippen molar-refractivity contribution in [2.45, 2.75) is 19.5 Å². The Morgan fingerprint density at radius 3 is 2.81 bits per heavy atom. The van der Waals surface area contributed by atoms with E-state index in [0.29, 0.717) is 37.3 Å². The first kappa shape index (κ1) is 22.7. The lowest BCUT2D eigenvalue weighted by Crippen LogP contribution is -2.36. The molecule has 1 aliphatic heterocycles. The van der Waals surface area contributed by atoms with E-state index in [9.17, 15) is 9.59 Å². The second kappa shape index (κ2) is 10.9. The first-order valence-corrected chi connectivity index (χ1v) is 9.96. The third kappa shape index (κ3) is 5.38. The summed E-state index contributed by atoms with van der Waals surface area (Å²) in [5, 5.41) is 29.5. The zero-order valence-electron chi connectivity index (χ0n) is 17.3. The number of aromatic nitrogens is 4. The number of aliphatic hydroxyl groups is 1. The minimum atomic E-state index is -0.317. The van der Waals surface area contributed by atoms with Crippen LogP contribution in [0.5, 0.6) is 0 Å². The smallest absolute Gasteiger partial charge is 0.290 e. The van der Waals surface area contributed by atoms with Crippen molar-refractivity contribution in [1.82, 2.24) is 30.2 Å². The van der Waals surface area contributed by atoms with Crippen molar-refractivity contribution in [1.29, 1.82) is 0 Å². The quantitative estimate of drug-likeness (QED) is 0.401. The number of rotatable bonds is 6. The molecule has 0 spiro atoms. The van der Waals surface area contributed by atoms with Gasteiger partial charge < -0.3 is 20.4 Å². The van der Waals surface area contributed by atoms with Crippen LogP contribution in [0.1, 0.15) is 37.7 Å². The first-order chi connectivity index (χ1) is 15.6. The number of benzene rings is 1. The highest BCUT2D eigenvalue weighted by atomic mass is 16.3. The average molecular weight is 440 g/mol. The van der Waals surface area contributed by atoms with Crippen molar-refractivity contribution >= 4 is 18.3 Å². The lowest BCUT2D eigenvalue weighted by Gasteiger charge is -2.27. The maximum atomic E-state index is 13.0. The highest BCUT2D eigenvalue weighted by Gasteiger charge is 2.27. The molecule has 4 N–H and O–H groups in total. The van der Waals surface area contributed by atoms with Crippen molar-refractivity contribution in [3.8, 4) is 0 Å². The van der Waals surface area contributed by atoms with Gasteiger partial charge in [0.2, 0.25) is 0 Å². The number of H-pyrrole nitrogens is 1. The normalized spacial score (nSPS) is 12.3. The van der Waals surface area contributed by atoms with E-state index in [0.717, 1.165) is 16.8 Å². The summed E-state index contributed by atoms with van der Waals surface area (Å²) >= 11 is 0. The number of carbonyl (C=O) groups is 3. The molecule has 4 rings (SSSR count). The molecule has 1 aromatic carbocycles. The molecular formula is C21H24N6O5. The molecule has 168 valence electrons. The van der Waals surface area contributed by atoms with Crippen molar-refractivity contribution in [2.75, 3.05) is 19.7 Å². The maximum absolute atomic E-state index is 13.0. The molecule has 11 nitrogen and oxygen atoms in total. The lowest BCUT2D eigenvalue weighted by atomic mass is 10.0. The molecule has 0 saturated carbocycles. The van der Waals surface area contributed by atoms with Gasteiger partial charge in [0.1, 0.15) is 0 Å². The van der Waals surface area contributed by atoms with Crippen LogP contribution in [0.25, 0.3) is 0 Å². The Morgan fingerprint density at radius 1 is 1.28 bits per heavy atom. The zero-order chi connectivity index (χ0) is 22.9. The molecule has 2 amide bonds. The molecule has 0 bridgehead atoms. The van der Waals surface area contributed by atoms with Crippen LogP contribution < -0.4 is 5.32 Å². The molecule has 0 fully saturated rings. The number of hydrogen-bond acceptors (Lipinski definition) is 6. The van der Waals surface area contributed by atoms with Gasteiger partial charge in [-0.25, -0.2) is 0 Å². The number of nitrogens with zero attached hydrogens (tertiary/aromatic N) is 4. The van der Waals surface area contributed by atoms with E-state index in [-0.39, 0.29) is 31.4 Å². The van der Waals surface area contributed by atoms with Crippen LogP contribution in [-0.2, 0) is 24.3 Å². The number of carboxylic acid groups (broad SMARTS) is 1. The minimum Gasteiger partial charge on any atom is -0.483 e. The monoisotopic (exact) mass is 440 g/mol. The lowest BCUT2D eigenvalue weighted by molar-refractivity contribution is -0.122. The summed E-state index contributed by atoms with van der Waals surface area (Å²) in [4.78, 5) is 35.3. The largest absolute Gasteiger partial charge is 0.483 e. The van der Waals surface area contributed by atoms with Gasteiger partial charge in [-0.05, 0) is 30.2 Å². The van der Waals surface area contributed by atoms with Crippen LogP contribution in [0.2, 0.25) is 0 Å². The van der Waals surface area contributed by atoms with Crippen LogP contribution in [-0.4, -0.2) is 73.1 Å². The van der Waals surface area contributed by atoms with E-state index in [4.69, 9.17) is 15.0 Å². The Bertz CT molecular complexity index is 1060. The average Bonchev–Trinajstić information content (AvgIpc) is 3.47. The first-order valence-electron chi connectivity index (χ1n) is 9.96. The fourth-order valence-corrected chi connectivity index (χ4v) is 3.50. The number of nitrogens with one attached hydrogen (secondary N) is 2. The Morgan fingerprint density at radius 2 is 2.09 bits per heavy atom. The van der Waals surface area contributed by atoms with Crippen LogP contribution in [0.15, 0.2) is 42.7 Å². The molecule has 0 unspecified atom stereocenters. The van der Waals surface area contributed by atoms with E-state index in [1.165, 1.54) is 0 Å². The predicted octanol–water partition coefficient (Wildman–Crippen LogP) is 0.276. The van der Waals surface area contributed by atoms with Crippen molar-refractivity contribution in [2.24, 2.45) is 0 Å². The van der Waals surface area contributed by atoms with Crippen molar-refractivity contribution in [3.05, 3.63) is 70.8 Å². The second-order valence-corrected chi connectivity index (χ2v) is 6.99. The van der Waals surface area contributed by atoms with E-state index < -0.39 is 0 Å². The van der Waals surface area contributed by atoms with Gasteiger partial charge in [0.05, 0.1) is 25.4 Å². The SMILES string of the molecule is O=C(NCCO)c1n[nH]c2c1CCN(C(=O)c1cccc(Cn3cccn3)c1)C2.O=CO. The number of amides is 2. The molecule has 2 aromatic heterocycles. The summed E-state index contributed by atoms with van der Waals surface area (Å²) in [6.07, 6.45) is 4.16. The van der Waals surface area contributed by atoms with Gasteiger partial charge in [-0.2, -0.15) is 10.2 Å². The summed E-state index contributed by atoms with van der Waals surface area (Å²) in [5.74, 6) is -0.374. The molecule has 3 heterocycles. The Balaban J connectivity index is 0.000000913. The van der Waals surface area contributed by atoms with Gasteiger partial charge in [0.15, 0.2) is 5.69 Å².